The Morgan fingerprint density at radius 3 is 1.90 bits per heavy atom. The van der Waals surface area contributed by atoms with Crippen molar-refractivity contribution in [3.8, 4) is 0 Å². The zero-order valence-corrected chi connectivity index (χ0v) is 30.1. The molecule has 1 atom stereocenters. The Kier molecular flexibility index (Phi) is 11.3. The first-order valence-corrected chi connectivity index (χ1v) is 17.7. The van der Waals surface area contributed by atoms with Gasteiger partial charge in [0, 0.05) is 6.54 Å². The number of aromatic nitrogens is 4. The molecule has 9 nitrogen and oxygen atoms in total. The van der Waals surface area contributed by atoms with E-state index < -0.39 is 34.4 Å². The molecular formula is C40H45BF2N6O3. The van der Waals surface area contributed by atoms with Crippen molar-refractivity contribution in [3.05, 3.63) is 149 Å². The van der Waals surface area contributed by atoms with Crippen LogP contribution in [0.25, 0.3) is 0 Å². The summed E-state index contributed by atoms with van der Waals surface area (Å²) < 4.78 is 41.3. The van der Waals surface area contributed by atoms with Gasteiger partial charge >= 0.3 is 7.12 Å². The van der Waals surface area contributed by atoms with E-state index in [2.05, 4.69) is 90.3 Å². The number of halogens is 2. The van der Waals surface area contributed by atoms with Crippen molar-refractivity contribution in [1.82, 2.24) is 30.8 Å². The number of amides is 1. The van der Waals surface area contributed by atoms with Crippen LogP contribution in [-0.2, 0) is 32.7 Å². The Morgan fingerprint density at radius 1 is 0.808 bits per heavy atom. The van der Waals surface area contributed by atoms with Crippen LogP contribution in [0.2, 0.25) is 6.32 Å². The van der Waals surface area contributed by atoms with E-state index in [0.29, 0.717) is 17.8 Å². The van der Waals surface area contributed by atoms with Gasteiger partial charge in [-0.15, -0.1) is 5.10 Å². The monoisotopic (exact) mass is 706 g/mol. The Bertz CT molecular complexity index is 1820. The lowest BCUT2D eigenvalue weighted by Gasteiger charge is -2.40. The first kappa shape index (κ1) is 37.0. The predicted molar refractivity (Wildman–Crippen MR) is 196 cm³/mol. The number of carbonyl (C=O) groups is 1. The largest absolute Gasteiger partial charge is 0.457 e. The van der Waals surface area contributed by atoms with E-state index in [4.69, 9.17) is 9.31 Å². The van der Waals surface area contributed by atoms with Gasteiger partial charge in [0.15, 0.2) is 17.5 Å². The lowest BCUT2D eigenvalue weighted by Crippen LogP contribution is -2.47. The van der Waals surface area contributed by atoms with Crippen molar-refractivity contribution in [2.45, 2.75) is 89.1 Å². The van der Waals surface area contributed by atoms with E-state index in [1.807, 2.05) is 54.6 Å². The zero-order chi connectivity index (χ0) is 36.8. The lowest BCUT2D eigenvalue weighted by atomic mass is 9.76. The molecule has 1 saturated heterocycles. The van der Waals surface area contributed by atoms with Gasteiger partial charge in [-0.2, -0.15) is 0 Å². The molecule has 1 fully saturated rings. The number of nitrogens with zero attached hydrogens (tertiary/aromatic N) is 4. The summed E-state index contributed by atoms with van der Waals surface area (Å²) in [7, 11) is -0.308. The van der Waals surface area contributed by atoms with Gasteiger partial charge in [0.05, 0.1) is 22.8 Å². The predicted octanol–water partition coefficient (Wildman–Crippen LogP) is 7.15. The maximum Gasteiger partial charge on any atom is 0.457 e. The van der Waals surface area contributed by atoms with Crippen LogP contribution in [0, 0.1) is 11.6 Å². The highest BCUT2D eigenvalue weighted by Crippen LogP contribution is 2.41. The molecule has 1 aliphatic rings. The number of nitrogens with one attached hydrogen (secondary N) is 2. The third-order valence-corrected chi connectivity index (χ3v) is 10.1. The zero-order valence-electron chi connectivity index (χ0n) is 30.1. The van der Waals surface area contributed by atoms with Crippen LogP contribution in [0.3, 0.4) is 0 Å². The van der Waals surface area contributed by atoms with Gasteiger partial charge in [-0.3, -0.25) is 10.1 Å². The SMILES string of the molecule is CC1(C)OB(CCCCC(NC(c2ccccc2)(c2ccccc2)c2ccccc2)c2nnnn2CC(=O)NCc2ccc(F)c(F)c2)OC1(C)C. The van der Waals surface area contributed by atoms with Gasteiger partial charge in [0.25, 0.3) is 0 Å². The number of hydrogen-bond donors (Lipinski definition) is 2. The second kappa shape index (κ2) is 15.9. The second-order valence-corrected chi connectivity index (χ2v) is 14.2. The van der Waals surface area contributed by atoms with Crippen molar-refractivity contribution in [1.29, 1.82) is 0 Å². The Labute approximate surface area is 304 Å². The lowest BCUT2D eigenvalue weighted by molar-refractivity contribution is -0.122. The normalized spacial score (nSPS) is 15.8. The molecule has 4 aromatic carbocycles. The fraction of sp³-hybridized carbons (Fsp3) is 0.350. The van der Waals surface area contributed by atoms with E-state index in [1.54, 1.807) is 0 Å². The number of unbranched alkanes of at least 4 members (excludes halogenated alkanes) is 1. The molecule has 0 spiro atoms. The van der Waals surface area contributed by atoms with Gasteiger partial charge in [0.2, 0.25) is 5.91 Å². The molecule has 12 heteroatoms. The number of carbonyl (C=O) groups excluding carboxylic acids is 1. The minimum Gasteiger partial charge on any atom is -0.403 e. The van der Waals surface area contributed by atoms with Gasteiger partial charge in [-0.1, -0.05) is 110 Å². The molecule has 52 heavy (non-hydrogen) atoms. The van der Waals surface area contributed by atoms with Crippen LogP contribution in [0.4, 0.5) is 8.78 Å². The van der Waals surface area contributed by atoms with E-state index >= 15 is 0 Å². The van der Waals surface area contributed by atoms with Crippen LogP contribution in [0.5, 0.6) is 0 Å². The summed E-state index contributed by atoms with van der Waals surface area (Å²) in [5.74, 6) is -1.80. The highest BCUT2D eigenvalue weighted by Gasteiger charge is 2.50. The summed E-state index contributed by atoms with van der Waals surface area (Å²) >= 11 is 0. The van der Waals surface area contributed by atoms with Crippen molar-refractivity contribution in [2.75, 3.05) is 0 Å². The number of benzene rings is 4. The fourth-order valence-electron chi connectivity index (χ4n) is 6.70. The summed E-state index contributed by atoms with van der Waals surface area (Å²) in [6, 6.07) is 33.9. The van der Waals surface area contributed by atoms with Crippen LogP contribution in [0.1, 0.15) is 81.1 Å². The average Bonchev–Trinajstić information content (AvgIpc) is 3.68. The van der Waals surface area contributed by atoms with Crippen molar-refractivity contribution < 1.29 is 22.9 Å². The molecule has 0 aliphatic carbocycles. The molecule has 0 bridgehead atoms. The van der Waals surface area contributed by atoms with Crippen LogP contribution < -0.4 is 10.6 Å². The number of tetrazole rings is 1. The molecule has 2 N–H and O–H groups in total. The van der Waals surface area contributed by atoms with Crippen molar-refractivity contribution in [3.63, 3.8) is 0 Å². The molecule has 1 aromatic heterocycles. The molecule has 6 rings (SSSR count). The summed E-state index contributed by atoms with van der Waals surface area (Å²) in [6.45, 7) is 8.06. The standard InChI is InChI=1S/C40H45BF2N6O3/c1-38(2)39(3,4)52-41(51-38)25-15-14-22-35(37-46-47-48-49(37)28-36(50)44-27-29-23-24-33(42)34(43)26-29)45-40(30-16-8-5-9-17-30,31-18-10-6-11-19-31)32-20-12-7-13-21-32/h5-13,16-21,23-24,26,35,45H,14-15,22,25,27-28H2,1-4H3,(H,44,50). The maximum absolute atomic E-state index is 13.8. The molecule has 2 heterocycles. The van der Waals surface area contributed by atoms with E-state index in [-0.39, 0.29) is 26.1 Å². The van der Waals surface area contributed by atoms with E-state index in [9.17, 15) is 13.6 Å². The van der Waals surface area contributed by atoms with Crippen LogP contribution >= 0.6 is 0 Å². The Hall–Kier alpha value is -4.78. The summed E-state index contributed by atoms with van der Waals surface area (Å²) in [4.78, 5) is 13.2. The van der Waals surface area contributed by atoms with Gasteiger partial charge in [-0.05, 0) is 85.2 Å². The summed E-state index contributed by atoms with van der Waals surface area (Å²) in [5, 5.41) is 19.5. The number of rotatable bonds is 15. The molecule has 0 radical (unpaired) electrons. The second-order valence-electron chi connectivity index (χ2n) is 14.2. The highest BCUT2D eigenvalue weighted by atomic mass is 19.2. The molecule has 1 aliphatic heterocycles. The highest BCUT2D eigenvalue weighted by molar-refractivity contribution is 6.45. The minimum absolute atomic E-state index is 0.0211. The maximum atomic E-state index is 13.8. The third kappa shape index (κ3) is 8.14. The molecule has 0 saturated carbocycles. The summed E-state index contributed by atoms with van der Waals surface area (Å²) in [5.41, 5.74) is 1.87. The number of hydrogen-bond acceptors (Lipinski definition) is 7. The fourth-order valence-corrected chi connectivity index (χ4v) is 6.70. The first-order valence-electron chi connectivity index (χ1n) is 17.7. The van der Waals surface area contributed by atoms with Crippen molar-refractivity contribution in [2.24, 2.45) is 0 Å². The topological polar surface area (TPSA) is 103 Å². The van der Waals surface area contributed by atoms with E-state index in [1.165, 1.54) is 10.7 Å². The van der Waals surface area contributed by atoms with Gasteiger partial charge in [0.1, 0.15) is 6.54 Å². The van der Waals surface area contributed by atoms with Crippen LogP contribution in [-0.4, -0.2) is 44.4 Å². The van der Waals surface area contributed by atoms with Gasteiger partial charge in [-0.25, -0.2) is 13.5 Å². The molecule has 270 valence electrons. The minimum atomic E-state index is -0.972. The quantitative estimate of drug-likeness (QED) is 0.0677. The molecule has 1 amide bonds. The first-order chi connectivity index (χ1) is 25.0. The third-order valence-electron chi connectivity index (χ3n) is 10.1. The van der Waals surface area contributed by atoms with Crippen LogP contribution in [0.15, 0.2) is 109 Å². The average molecular weight is 707 g/mol. The molecular weight excluding hydrogens is 661 g/mol. The molecule has 1 unspecified atom stereocenters. The van der Waals surface area contributed by atoms with Gasteiger partial charge < -0.3 is 14.6 Å². The van der Waals surface area contributed by atoms with Crippen molar-refractivity contribution >= 4 is 13.0 Å². The smallest absolute Gasteiger partial charge is 0.403 e. The van der Waals surface area contributed by atoms with E-state index in [0.717, 1.165) is 48.0 Å². The summed E-state index contributed by atoms with van der Waals surface area (Å²) in [6.07, 6.45) is 2.95. The Balaban J connectivity index is 1.31. The molecule has 5 aromatic rings. The Morgan fingerprint density at radius 2 is 1.37 bits per heavy atom.